The van der Waals surface area contributed by atoms with Crippen LogP contribution in [0.2, 0.25) is 0 Å². The van der Waals surface area contributed by atoms with Gasteiger partial charge in [-0.2, -0.15) is 0 Å². The van der Waals surface area contributed by atoms with Crippen LogP contribution in [0.3, 0.4) is 0 Å². The minimum absolute atomic E-state index is 0.0998. The SMILES string of the molecule is CCCn1c(COCC(=O)O)nc2cc(F)ccc21. The maximum atomic E-state index is 13.2. The van der Waals surface area contributed by atoms with E-state index in [-0.39, 0.29) is 19.0 Å². The smallest absolute Gasteiger partial charge is 0.329 e. The van der Waals surface area contributed by atoms with Crippen molar-refractivity contribution in [2.45, 2.75) is 26.5 Å². The Hall–Kier alpha value is -1.95. The van der Waals surface area contributed by atoms with Gasteiger partial charge in [0.2, 0.25) is 0 Å². The van der Waals surface area contributed by atoms with E-state index in [9.17, 15) is 9.18 Å². The molecule has 0 aliphatic heterocycles. The number of carboxylic acid groups (broad SMARTS) is 1. The number of aliphatic carboxylic acids is 1. The lowest BCUT2D eigenvalue weighted by Gasteiger charge is -2.07. The summed E-state index contributed by atoms with van der Waals surface area (Å²) < 4.78 is 20.1. The highest BCUT2D eigenvalue weighted by atomic mass is 19.1. The minimum atomic E-state index is -1.02. The summed E-state index contributed by atoms with van der Waals surface area (Å²) in [5, 5.41) is 8.54. The molecule has 1 aromatic heterocycles. The summed E-state index contributed by atoms with van der Waals surface area (Å²) in [7, 11) is 0. The van der Waals surface area contributed by atoms with Crippen LogP contribution < -0.4 is 0 Å². The largest absolute Gasteiger partial charge is 0.480 e. The number of aromatic nitrogens is 2. The van der Waals surface area contributed by atoms with Crippen molar-refractivity contribution in [1.29, 1.82) is 0 Å². The summed E-state index contributed by atoms with van der Waals surface area (Å²) in [5.74, 6) is -0.750. The van der Waals surface area contributed by atoms with Gasteiger partial charge in [0.05, 0.1) is 11.0 Å². The van der Waals surface area contributed by atoms with E-state index in [4.69, 9.17) is 9.84 Å². The van der Waals surface area contributed by atoms with Crippen LogP contribution in [0.5, 0.6) is 0 Å². The summed E-state index contributed by atoms with van der Waals surface area (Å²) in [6.45, 7) is 2.48. The van der Waals surface area contributed by atoms with E-state index in [1.54, 1.807) is 6.07 Å². The number of carbonyl (C=O) groups is 1. The maximum absolute atomic E-state index is 13.2. The molecule has 2 aromatic rings. The molecule has 0 atom stereocenters. The normalized spacial score (nSPS) is 11.1. The first-order valence-electron chi connectivity index (χ1n) is 6.06. The van der Waals surface area contributed by atoms with Gasteiger partial charge in [0.15, 0.2) is 0 Å². The van der Waals surface area contributed by atoms with Gasteiger partial charge >= 0.3 is 5.97 Å². The Morgan fingerprint density at radius 1 is 1.53 bits per heavy atom. The van der Waals surface area contributed by atoms with Crippen LogP contribution in [-0.4, -0.2) is 27.2 Å². The van der Waals surface area contributed by atoms with Crippen molar-refractivity contribution in [3.05, 3.63) is 29.8 Å². The molecule has 1 N–H and O–H groups in total. The molecule has 6 heteroatoms. The molecule has 0 saturated heterocycles. The molecule has 0 spiro atoms. The molecule has 0 bridgehead atoms. The summed E-state index contributed by atoms with van der Waals surface area (Å²) in [5.41, 5.74) is 1.39. The van der Waals surface area contributed by atoms with Crippen molar-refractivity contribution in [1.82, 2.24) is 9.55 Å². The highest BCUT2D eigenvalue weighted by Gasteiger charge is 2.11. The fourth-order valence-corrected chi connectivity index (χ4v) is 1.97. The number of fused-ring (bicyclic) bond motifs is 1. The number of halogens is 1. The first kappa shape index (κ1) is 13.5. The van der Waals surface area contributed by atoms with Gasteiger partial charge in [-0.15, -0.1) is 0 Å². The molecular weight excluding hydrogens is 251 g/mol. The molecule has 0 aliphatic rings. The quantitative estimate of drug-likeness (QED) is 0.870. The highest BCUT2D eigenvalue weighted by Crippen LogP contribution is 2.18. The Morgan fingerprint density at radius 3 is 3.00 bits per heavy atom. The molecule has 1 heterocycles. The van der Waals surface area contributed by atoms with E-state index in [2.05, 4.69) is 4.98 Å². The van der Waals surface area contributed by atoms with Crippen LogP contribution in [0.1, 0.15) is 19.2 Å². The Labute approximate surface area is 109 Å². The molecule has 0 radical (unpaired) electrons. The van der Waals surface area contributed by atoms with Crippen LogP contribution in [-0.2, 0) is 22.7 Å². The van der Waals surface area contributed by atoms with Crippen molar-refractivity contribution >= 4 is 17.0 Å². The maximum Gasteiger partial charge on any atom is 0.329 e. The number of imidazole rings is 1. The molecule has 19 heavy (non-hydrogen) atoms. The number of rotatable bonds is 6. The van der Waals surface area contributed by atoms with Gasteiger partial charge in [0.25, 0.3) is 0 Å². The lowest BCUT2D eigenvalue weighted by molar-refractivity contribution is -0.142. The summed E-state index contributed by atoms with van der Waals surface area (Å²) in [6, 6.07) is 4.42. The van der Waals surface area contributed by atoms with Gasteiger partial charge in [0, 0.05) is 12.6 Å². The molecule has 0 aliphatic carbocycles. The number of aryl methyl sites for hydroxylation is 1. The Bertz CT molecular complexity index is 595. The lowest BCUT2D eigenvalue weighted by atomic mass is 10.3. The summed E-state index contributed by atoms with van der Waals surface area (Å²) >= 11 is 0. The van der Waals surface area contributed by atoms with Crippen molar-refractivity contribution < 1.29 is 19.0 Å². The van der Waals surface area contributed by atoms with E-state index in [1.807, 2.05) is 11.5 Å². The molecule has 0 fully saturated rings. The van der Waals surface area contributed by atoms with E-state index in [0.29, 0.717) is 11.3 Å². The Kier molecular flexibility index (Phi) is 4.11. The number of hydrogen-bond donors (Lipinski definition) is 1. The third-order valence-corrected chi connectivity index (χ3v) is 2.69. The molecule has 2 rings (SSSR count). The van der Waals surface area contributed by atoms with Crippen molar-refractivity contribution in [3.63, 3.8) is 0 Å². The average Bonchev–Trinajstić information content (AvgIpc) is 2.67. The fraction of sp³-hybridized carbons (Fsp3) is 0.385. The molecule has 0 unspecified atom stereocenters. The molecule has 0 amide bonds. The van der Waals surface area contributed by atoms with Crippen LogP contribution in [0.4, 0.5) is 4.39 Å². The molecule has 102 valence electrons. The number of nitrogens with zero attached hydrogens (tertiary/aromatic N) is 2. The number of ether oxygens (including phenoxy) is 1. The van der Waals surface area contributed by atoms with Gasteiger partial charge in [-0.1, -0.05) is 6.92 Å². The zero-order chi connectivity index (χ0) is 13.8. The van der Waals surface area contributed by atoms with Crippen LogP contribution >= 0.6 is 0 Å². The number of carboxylic acids is 1. The molecule has 0 saturated carbocycles. The number of benzene rings is 1. The third-order valence-electron chi connectivity index (χ3n) is 2.69. The second kappa shape index (κ2) is 5.79. The van der Waals surface area contributed by atoms with Crippen molar-refractivity contribution in [2.75, 3.05) is 6.61 Å². The van der Waals surface area contributed by atoms with Crippen LogP contribution in [0.15, 0.2) is 18.2 Å². The standard InChI is InChI=1S/C13H15FN2O3/c1-2-5-16-11-4-3-9(14)6-10(11)15-12(16)7-19-8-13(17)18/h3-4,6H,2,5,7-8H2,1H3,(H,17,18). The van der Waals surface area contributed by atoms with Gasteiger partial charge in [-0.25, -0.2) is 14.2 Å². The molecule has 1 aromatic carbocycles. The molecular formula is C13H15FN2O3. The highest BCUT2D eigenvalue weighted by molar-refractivity contribution is 5.76. The molecule has 5 nitrogen and oxygen atoms in total. The monoisotopic (exact) mass is 266 g/mol. The van der Waals surface area contributed by atoms with E-state index in [1.165, 1.54) is 12.1 Å². The fourth-order valence-electron chi connectivity index (χ4n) is 1.97. The van der Waals surface area contributed by atoms with E-state index >= 15 is 0 Å². The van der Waals surface area contributed by atoms with Crippen molar-refractivity contribution in [3.8, 4) is 0 Å². The predicted molar refractivity (Wildman–Crippen MR) is 67.3 cm³/mol. The summed E-state index contributed by atoms with van der Waals surface area (Å²) in [6.07, 6.45) is 0.898. The van der Waals surface area contributed by atoms with Gasteiger partial charge in [0.1, 0.15) is 24.9 Å². The Balaban J connectivity index is 2.30. The van der Waals surface area contributed by atoms with Crippen LogP contribution in [0, 0.1) is 5.82 Å². The van der Waals surface area contributed by atoms with E-state index < -0.39 is 5.97 Å². The summed E-state index contributed by atoms with van der Waals surface area (Å²) in [4.78, 5) is 14.7. The van der Waals surface area contributed by atoms with Gasteiger partial charge in [-0.05, 0) is 18.6 Å². The van der Waals surface area contributed by atoms with Crippen LogP contribution in [0.25, 0.3) is 11.0 Å². The zero-order valence-electron chi connectivity index (χ0n) is 10.6. The van der Waals surface area contributed by atoms with E-state index in [0.717, 1.165) is 18.5 Å². The first-order chi connectivity index (χ1) is 9.11. The average molecular weight is 266 g/mol. The van der Waals surface area contributed by atoms with Crippen molar-refractivity contribution in [2.24, 2.45) is 0 Å². The Morgan fingerprint density at radius 2 is 2.32 bits per heavy atom. The zero-order valence-corrected chi connectivity index (χ0v) is 10.6. The van der Waals surface area contributed by atoms with Gasteiger partial charge in [-0.3, -0.25) is 0 Å². The second-order valence-electron chi connectivity index (χ2n) is 4.20. The topological polar surface area (TPSA) is 64.3 Å². The third kappa shape index (κ3) is 3.08. The second-order valence-corrected chi connectivity index (χ2v) is 4.20. The number of hydrogen-bond acceptors (Lipinski definition) is 3. The lowest BCUT2D eigenvalue weighted by Crippen LogP contribution is -2.10. The van der Waals surface area contributed by atoms with Gasteiger partial charge < -0.3 is 14.4 Å². The minimum Gasteiger partial charge on any atom is -0.480 e. The predicted octanol–water partition coefficient (Wildman–Crippen LogP) is 2.19. The first-order valence-corrected chi connectivity index (χ1v) is 6.06.